The number of aromatic nitrogens is 1. The van der Waals surface area contributed by atoms with Crippen molar-refractivity contribution in [1.29, 1.82) is 0 Å². The predicted octanol–water partition coefficient (Wildman–Crippen LogP) is 1.10. The molecular formula is C10H19N3O. The molecule has 0 fully saturated rings. The van der Waals surface area contributed by atoms with Crippen LogP contribution in [0.25, 0.3) is 0 Å². The van der Waals surface area contributed by atoms with Gasteiger partial charge in [0.1, 0.15) is 5.76 Å². The lowest BCUT2D eigenvalue weighted by Gasteiger charge is -2.32. The van der Waals surface area contributed by atoms with Gasteiger partial charge in [-0.25, -0.2) is 4.98 Å². The van der Waals surface area contributed by atoms with Crippen LogP contribution in [-0.4, -0.2) is 36.1 Å². The van der Waals surface area contributed by atoms with Gasteiger partial charge in [0.05, 0.1) is 12.7 Å². The molecule has 0 aliphatic heterocycles. The number of nitrogens with zero attached hydrogens (tertiary/aromatic N) is 2. The minimum Gasteiger partial charge on any atom is -0.447 e. The van der Waals surface area contributed by atoms with Gasteiger partial charge in [-0.05, 0) is 27.9 Å². The molecule has 0 aromatic carbocycles. The molecule has 80 valence electrons. The summed E-state index contributed by atoms with van der Waals surface area (Å²) < 4.78 is 5.12. The van der Waals surface area contributed by atoms with E-state index in [1.54, 1.807) is 6.20 Å². The second-order valence-electron chi connectivity index (χ2n) is 4.28. The van der Waals surface area contributed by atoms with E-state index >= 15 is 0 Å². The predicted molar refractivity (Wildman–Crippen MR) is 56.0 cm³/mol. The molecule has 0 amide bonds. The maximum absolute atomic E-state index is 5.12. The monoisotopic (exact) mass is 197 g/mol. The zero-order valence-electron chi connectivity index (χ0n) is 9.37. The summed E-state index contributed by atoms with van der Waals surface area (Å²) in [6.45, 7) is 6.04. The normalized spacial score (nSPS) is 12.4. The summed E-state index contributed by atoms with van der Waals surface area (Å²) in [5.41, 5.74) is 0.153. The van der Waals surface area contributed by atoms with Crippen LogP contribution in [0, 0.1) is 0 Å². The molecule has 0 atom stereocenters. The molecule has 4 nitrogen and oxygen atoms in total. The molecule has 0 radical (unpaired) electrons. The fourth-order valence-electron chi connectivity index (χ4n) is 0.979. The van der Waals surface area contributed by atoms with Gasteiger partial charge < -0.3 is 14.6 Å². The summed E-state index contributed by atoms with van der Waals surface area (Å²) in [6, 6.07) is 0. The van der Waals surface area contributed by atoms with Crippen molar-refractivity contribution in [3.05, 3.63) is 18.4 Å². The number of rotatable bonds is 5. The van der Waals surface area contributed by atoms with E-state index in [4.69, 9.17) is 4.42 Å². The number of likely N-dealkylation sites (N-methyl/N-ethyl adjacent to an activating group) is 1. The molecule has 4 heteroatoms. The minimum atomic E-state index is 0.153. The fourth-order valence-corrected chi connectivity index (χ4v) is 0.979. The molecule has 1 aromatic heterocycles. The highest BCUT2D eigenvalue weighted by Crippen LogP contribution is 2.08. The standard InChI is InChI=1S/C10H19N3O/c1-10(2,13(3)4)7-11-5-9-6-12-8-14-9/h6,8,11H,5,7H2,1-4H3. The van der Waals surface area contributed by atoms with Gasteiger partial charge in [-0.1, -0.05) is 0 Å². The quantitative estimate of drug-likeness (QED) is 0.767. The third-order valence-electron chi connectivity index (χ3n) is 2.55. The number of hydrogen-bond donors (Lipinski definition) is 1. The van der Waals surface area contributed by atoms with Gasteiger partial charge in [-0.2, -0.15) is 0 Å². The Balaban J connectivity index is 2.28. The van der Waals surface area contributed by atoms with E-state index in [0.29, 0.717) is 0 Å². The Labute approximate surface area is 85.3 Å². The summed E-state index contributed by atoms with van der Waals surface area (Å²) in [5.74, 6) is 0.875. The molecule has 0 unspecified atom stereocenters. The number of hydrogen-bond acceptors (Lipinski definition) is 4. The lowest BCUT2D eigenvalue weighted by molar-refractivity contribution is 0.188. The Morgan fingerprint density at radius 2 is 2.21 bits per heavy atom. The van der Waals surface area contributed by atoms with Gasteiger partial charge in [-0.15, -0.1) is 0 Å². The minimum absolute atomic E-state index is 0.153. The molecule has 0 saturated carbocycles. The first-order valence-electron chi connectivity index (χ1n) is 4.78. The average molecular weight is 197 g/mol. The highest BCUT2D eigenvalue weighted by Gasteiger charge is 2.19. The Bertz CT molecular complexity index is 254. The van der Waals surface area contributed by atoms with Crippen molar-refractivity contribution >= 4 is 0 Å². The maximum Gasteiger partial charge on any atom is 0.180 e. The first-order chi connectivity index (χ1) is 6.52. The molecule has 1 rings (SSSR count). The summed E-state index contributed by atoms with van der Waals surface area (Å²) >= 11 is 0. The molecule has 0 saturated heterocycles. The topological polar surface area (TPSA) is 41.3 Å². The molecule has 0 aliphatic carbocycles. The third-order valence-corrected chi connectivity index (χ3v) is 2.55. The first kappa shape index (κ1) is 11.2. The second kappa shape index (κ2) is 4.57. The van der Waals surface area contributed by atoms with Crippen LogP contribution >= 0.6 is 0 Å². The van der Waals surface area contributed by atoms with Crippen molar-refractivity contribution in [3.63, 3.8) is 0 Å². The van der Waals surface area contributed by atoms with Crippen LogP contribution in [0.4, 0.5) is 0 Å². The molecule has 0 spiro atoms. The van der Waals surface area contributed by atoms with Gasteiger partial charge in [0.25, 0.3) is 0 Å². The van der Waals surface area contributed by atoms with E-state index in [9.17, 15) is 0 Å². The van der Waals surface area contributed by atoms with Crippen molar-refractivity contribution in [2.75, 3.05) is 20.6 Å². The van der Waals surface area contributed by atoms with Gasteiger partial charge in [0.2, 0.25) is 0 Å². The van der Waals surface area contributed by atoms with Crippen LogP contribution in [0.15, 0.2) is 17.0 Å². The molecule has 0 bridgehead atoms. The molecular weight excluding hydrogens is 178 g/mol. The van der Waals surface area contributed by atoms with Crippen molar-refractivity contribution < 1.29 is 4.42 Å². The Kier molecular flexibility index (Phi) is 3.66. The van der Waals surface area contributed by atoms with E-state index in [-0.39, 0.29) is 5.54 Å². The highest BCUT2D eigenvalue weighted by molar-refractivity contribution is 4.88. The van der Waals surface area contributed by atoms with Gasteiger partial charge in [0, 0.05) is 12.1 Å². The van der Waals surface area contributed by atoms with Crippen LogP contribution in [0.2, 0.25) is 0 Å². The third kappa shape index (κ3) is 3.12. The number of nitrogens with one attached hydrogen (secondary N) is 1. The zero-order valence-corrected chi connectivity index (χ0v) is 9.37. The molecule has 0 aliphatic rings. The largest absolute Gasteiger partial charge is 0.447 e. The van der Waals surface area contributed by atoms with Crippen molar-refractivity contribution in [1.82, 2.24) is 15.2 Å². The summed E-state index contributed by atoms with van der Waals surface area (Å²) in [7, 11) is 4.16. The molecule has 1 N–H and O–H groups in total. The van der Waals surface area contributed by atoms with Gasteiger partial charge in [0.15, 0.2) is 6.39 Å². The van der Waals surface area contributed by atoms with Crippen LogP contribution in [-0.2, 0) is 6.54 Å². The van der Waals surface area contributed by atoms with E-state index in [1.807, 2.05) is 0 Å². The van der Waals surface area contributed by atoms with E-state index in [1.165, 1.54) is 6.39 Å². The SMILES string of the molecule is CN(C)C(C)(C)CNCc1cnco1. The van der Waals surface area contributed by atoms with Crippen molar-refractivity contribution in [2.24, 2.45) is 0 Å². The lowest BCUT2D eigenvalue weighted by Crippen LogP contribution is -2.46. The van der Waals surface area contributed by atoms with Crippen LogP contribution in [0.1, 0.15) is 19.6 Å². The Hall–Kier alpha value is -0.870. The van der Waals surface area contributed by atoms with Gasteiger partial charge >= 0.3 is 0 Å². The Morgan fingerprint density at radius 1 is 1.50 bits per heavy atom. The molecule has 1 heterocycles. The van der Waals surface area contributed by atoms with Crippen LogP contribution in [0.5, 0.6) is 0 Å². The van der Waals surface area contributed by atoms with E-state index in [2.05, 4.69) is 43.1 Å². The summed E-state index contributed by atoms with van der Waals surface area (Å²) in [6.07, 6.45) is 3.18. The van der Waals surface area contributed by atoms with Crippen LogP contribution in [0.3, 0.4) is 0 Å². The van der Waals surface area contributed by atoms with E-state index < -0.39 is 0 Å². The number of oxazole rings is 1. The molecule has 14 heavy (non-hydrogen) atoms. The fraction of sp³-hybridized carbons (Fsp3) is 0.700. The summed E-state index contributed by atoms with van der Waals surface area (Å²) in [5, 5.41) is 3.33. The average Bonchev–Trinajstić information content (AvgIpc) is 2.56. The van der Waals surface area contributed by atoms with Gasteiger partial charge in [-0.3, -0.25) is 0 Å². The van der Waals surface area contributed by atoms with Crippen molar-refractivity contribution in [3.8, 4) is 0 Å². The summed E-state index contributed by atoms with van der Waals surface area (Å²) in [4.78, 5) is 6.05. The zero-order chi connectivity index (χ0) is 10.6. The smallest absolute Gasteiger partial charge is 0.180 e. The van der Waals surface area contributed by atoms with E-state index in [0.717, 1.165) is 18.8 Å². The first-order valence-corrected chi connectivity index (χ1v) is 4.78. The van der Waals surface area contributed by atoms with Crippen molar-refractivity contribution in [2.45, 2.75) is 25.9 Å². The van der Waals surface area contributed by atoms with Crippen LogP contribution < -0.4 is 5.32 Å². The highest BCUT2D eigenvalue weighted by atomic mass is 16.3. The second-order valence-corrected chi connectivity index (χ2v) is 4.28. The Morgan fingerprint density at radius 3 is 2.71 bits per heavy atom. The molecule has 1 aromatic rings. The maximum atomic E-state index is 5.12. The lowest BCUT2D eigenvalue weighted by atomic mass is 10.0.